The predicted molar refractivity (Wildman–Crippen MR) is 67.8 cm³/mol. The summed E-state index contributed by atoms with van der Waals surface area (Å²) in [6.07, 6.45) is 3.74. The molecule has 2 fully saturated rings. The summed E-state index contributed by atoms with van der Waals surface area (Å²) < 4.78 is 5.86. The molecule has 2 rings (SSSR count). The van der Waals surface area contributed by atoms with E-state index in [0.29, 0.717) is 12.0 Å². The summed E-state index contributed by atoms with van der Waals surface area (Å²) in [5.41, 5.74) is 5.70. The van der Waals surface area contributed by atoms with Gasteiger partial charge in [-0.05, 0) is 39.2 Å². The van der Waals surface area contributed by atoms with Crippen LogP contribution < -0.4 is 5.73 Å². The Bertz CT molecular complexity index is 258. The predicted octanol–water partition coefficient (Wildman–Crippen LogP) is 0.586. The van der Waals surface area contributed by atoms with Crippen LogP contribution in [0.4, 0.5) is 0 Å². The summed E-state index contributed by atoms with van der Waals surface area (Å²) in [6, 6.07) is 0.595. The quantitative estimate of drug-likeness (QED) is 0.760. The van der Waals surface area contributed by atoms with E-state index in [9.17, 15) is 5.11 Å². The van der Waals surface area contributed by atoms with Gasteiger partial charge in [0, 0.05) is 19.1 Å². The summed E-state index contributed by atoms with van der Waals surface area (Å²) >= 11 is 0. The molecule has 3 unspecified atom stereocenters. The fraction of sp³-hybridized carbons (Fsp3) is 1.00. The minimum absolute atomic E-state index is 0.0437. The van der Waals surface area contributed by atoms with Gasteiger partial charge < -0.3 is 15.6 Å². The van der Waals surface area contributed by atoms with Crippen molar-refractivity contribution in [3.8, 4) is 0 Å². The summed E-state index contributed by atoms with van der Waals surface area (Å²) in [6.45, 7) is 6.90. The normalized spacial score (nSPS) is 38.5. The number of ether oxygens (including phenoxy) is 1. The van der Waals surface area contributed by atoms with Gasteiger partial charge in [-0.1, -0.05) is 6.42 Å². The molecule has 0 amide bonds. The van der Waals surface area contributed by atoms with E-state index < -0.39 is 0 Å². The van der Waals surface area contributed by atoms with Crippen molar-refractivity contribution >= 4 is 0 Å². The Hall–Kier alpha value is -0.160. The first-order valence-corrected chi connectivity index (χ1v) is 6.78. The molecule has 0 aromatic heterocycles. The SMILES string of the molecule is CC1(C)CN(C2CCCC2CN)CC(CO)O1. The number of hydrogen-bond acceptors (Lipinski definition) is 4. The molecule has 1 heterocycles. The maximum atomic E-state index is 9.33. The molecule has 0 bridgehead atoms. The van der Waals surface area contributed by atoms with Crippen molar-refractivity contribution < 1.29 is 9.84 Å². The number of nitrogens with two attached hydrogens (primary N) is 1. The van der Waals surface area contributed by atoms with Crippen LogP contribution in [0.5, 0.6) is 0 Å². The Morgan fingerprint density at radius 3 is 2.82 bits per heavy atom. The summed E-state index contributed by atoms with van der Waals surface area (Å²) in [7, 11) is 0. The average molecular weight is 242 g/mol. The smallest absolute Gasteiger partial charge is 0.0940 e. The maximum absolute atomic E-state index is 9.33. The topological polar surface area (TPSA) is 58.7 Å². The van der Waals surface area contributed by atoms with Crippen molar-refractivity contribution in [1.29, 1.82) is 0 Å². The molecule has 1 aliphatic heterocycles. The lowest BCUT2D eigenvalue weighted by atomic mass is 9.97. The Balaban J connectivity index is 2.04. The van der Waals surface area contributed by atoms with E-state index in [4.69, 9.17) is 10.5 Å². The van der Waals surface area contributed by atoms with E-state index in [-0.39, 0.29) is 18.3 Å². The van der Waals surface area contributed by atoms with Crippen LogP contribution in [0.3, 0.4) is 0 Å². The fourth-order valence-corrected chi connectivity index (χ4v) is 3.46. The molecule has 17 heavy (non-hydrogen) atoms. The molecule has 0 aromatic carbocycles. The van der Waals surface area contributed by atoms with Gasteiger partial charge in [0.15, 0.2) is 0 Å². The zero-order valence-electron chi connectivity index (χ0n) is 11.1. The molecule has 0 aromatic rings. The summed E-state index contributed by atoms with van der Waals surface area (Å²) in [5, 5.41) is 9.33. The molecule has 4 heteroatoms. The highest BCUT2D eigenvalue weighted by Crippen LogP contribution is 2.33. The van der Waals surface area contributed by atoms with Gasteiger partial charge in [-0.2, -0.15) is 0 Å². The van der Waals surface area contributed by atoms with Gasteiger partial charge >= 0.3 is 0 Å². The van der Waals surface area contributed by atoms with Gasteiger partial charge in [0.05, 0.1) is 18.3 Å². The molecule has 2 aliphatic rings. The molecule has 100 valence electrons. The van der Waals surface area contributed by atoms with E-state index in [1.165, 1.54) is 19.3 Å². The number of nitrogens with zero attached hydrogens (tertiary/aromatic N) is 1. The average Bonchev–Trinajstić information content (AvgIpc) is 2.74. The molecule has 1 aliphatic carbocycles. The third kappa shape index (κ3) is 2.99. The van der Waals surface area contributed by atoms with Crippen LogP contribution in [0.15, 0.2) is 0 Å². The van der Waals surface area contributed by atoms with Crippen molar-refractivity contribution in [1.82, 2.24) is 4.90 Å². The first-order chi connectivity index (χ1) is 8.05. The monoisotopic (exact) mass is 242 g/mol. The Morgan fingerprint density at radius 2 is 2.18 bits per heavy atom. The van der Waals surface area contributed by atoms with Crippen molar-refractivity contribution in [3.05, 3.63) is 0 Å². The third-order valence-corrected chi connectivity index (χ3v) is 4.10. The molecule has 0 radical (unpaired) electrons. The van der Waals surface area contributed by atoms with Crippen molar-refractivity contribution in [3.63, 3.8) is 0 Å². The molecule has 3 atom stereocenters. The van der Waals surface area contributed by atoms with Crippen molar-refractivity contribution in [2.75, 3.05) is 26.2 Å². The molecule has 0 spiro atoms. The van der Waals surface area contributed by atoms with Crippen LogP contribution in [0.2, 0.25) is 0 Å². The van der Waals surface area contributed by atoms with Gasteiger partial charge in [0.25, 0.3) is 0 Å². The van der Waals surface area contributed by atoms with Crippen LogP contribution in [0, 0.1) is 5.92 Å². The lowest BCUT2D eigenvalue weighted by Gasteiger charge is -2.46. The lowest BCUT2D eigenvalue weighted by Crippen LogP contribution is -2.57. The van der Waals surface area contributed by atoms with E-state index >= 15 is 0 Å². The van der Waals surface area contributed by atoms with E-state index in [1.54, 1.807) is 0 Å². The first kappa shape index (κ1) is 13.3. The molecule has 1 saturated carbocycles. The van der Waals surface area contributed by atoms with Crippen LogP contribution in [-0.4, -0.2) is 54.0 Å². The van der Waals surface area contributed by atoms with E-state index in [1.807, 2.05) is 0 Å². The molecule has 1 saturated heterocycles. The third-order valence-electron chi connectivity index (χ3n) is 4.10. The zero-order valence-corrected chi connectivity index (χ0v) is 11.1. The molecule has 4 nitrogen and oxygen atoms in total. The molecular weight excluding hydrogens is 216 g/mol. The summed E-state index contributed by atoms with van der Waals surface area (Å²) in [5.74, 6) is 0.628. The minimum Gasteiger partial charge on any atom is -0.394 e. The molecule has 3 N–H and O–H groups in total. The maximum Gasteiger partial charge on any atom is 0.0940 e. The van der Waals surface area contributed by atoms with Gasteiger partial charge in [-0.3, -0.25) is 4.90 Å². The largest absolute Gasteiger partial charge is 0.394 e. The van der Waals surface area contributed by atoms with Crippen LogP contribution >= 0.6 is 0 Å². The van der Waals surface area contributed by atoms with E-state index in [0.717, 1.165) is 19.6 Å². The number of morpholine rings is 1. The van der Waals surface area contributed by atoms with E-state index in [2.05, 4.69) is 18.7 Å². The fourth-order valence-electron chi connectivity index (χ4n) is 3.46. The van der Waals surface area contributed by atoms with Crippen molar-refractivity contribution in [2.45, 2.75) is 50.9 Å². The van der Waals surface area contributed by atoms with Crippen LogP contribution in [-0.2, 0) is 4.74 Å². The van der Waals surface area contributed by atoms with Gasteiger partial charge in [-0.15, -0.1) is 0 Å². The molecular formula is C13H26N2O2. The van der Waals surface area contributed by atoms with Crippen molar-refractivity contribution in [2.24, 2.45) is 11.7 Å². The standard InChI is InChI=1S/C13H26N2O2/c1-13(2)9-15(7-11(8-16)17-13)12-5-3-4-10(12)6-14/h10-12,16H,3-9,14H2,1-2H3. The number of hydrogen-bond donors (Lipinski definition) is 2. The van der Waals surface area contributed by atoms with Crippen LogP contribution in [0.25, 0.3) is 0 Å². The minimum atomic E-state index is -0.159. The lowest BCUT2D eigenvalue weighted by molar-refractivity contribution is -0.159. The van der Waals surface area contributed by atoms with Gasteiger partial charge in [-0.25, -0.2) is 0 Å². The highest BCUT2D eigenvalue weighted by Gasteiger charge is 2.39. The first-order valence-electron chi connectivity index (χ1n) is 6.78. The summed E-state index contributed by atoms with van der Waals surface area (Å²) in [4.78, 5) is 2.49. The highest BCUT2D eigenvalue weighted by molar-refractivity contribution is 4.92. The van der Waals surface area contributed by atoms with Gasteiger partial charge in [0.2, 0.25) is 0 Å². The van der Waals surface area contributed by atoms with Crippen LogP contribution in [0.1, 0.15) is 33.1 Å². The number of rotatable bonds is 3. The Kier molecular flexibility index (Phi) is 4.08. The number of aliphatic hydroxyl groups excluding tert-OH is 1. The Labute approximate surface area is 104 Å². The van der Waals surface area contributed by atoms with Gasteiger partial charge in [0.1, 0.15) is 0 Å². The second-order valence-electron chi connectivity index (χ2n) is 6.11. The zero-order chi connectivity index (χ0) is 12.5. The second-order valence-corrected chi connectivity index (χ2v) is 6.11. The highest BCUT2D eigenvalue weighted by atomic mass is 16.5. The Morgan fingerprint density at radius 1 is 1.41 bits per heavy atom. The number of aliphatic hydroxyl groups is 1. The second kappa shape index (κ2) is 5.22.